The van der Waals surface area contributed by atoms with Gasteiger partial charge in [-0.25, -0.2) is 0 Å². The van der Waals surface area contributed by atoms with E-state index in [4.69, 9.17) is 21.1 Å². The highest BCUT2D eigenvalue weighted by Crippen LogP contribution is 2.30. The molecule has 2 rings (SSSR count). The van der Waals surface area contributed by atoms with Gasteiger partial charge in [0.1, 0.15) is 11.9 Å². The van der Waals surface area contributed by atoms with Crippen molar-refractivity contribution in [2.75, 3.05) is 13.2 Å². The Hall–Kier alpha value is -1.33. The summed E-state index contributed by atoms with van der Waals surface area (Å²) >= 11 is 5.83. The second-order valence-electron chi connectivity index (χ2n) is 3.15. The molecule has 0 bridgehead atoms. The van der Waals surface area contributed by atoms with Gasteiger partial charge in [0.05, 0.1) is 23.2 Å². The van der Waals surface area contributed by atoms with Crippen molar-refractivity contribution in [2.24, 2.45) is 0 Å². The predicted octanol–water partition coefficient (Wildman–Crippen LogP) is 2.03. The van der Waals surface area contributed by atoms with Gasteiger partial charge < -0.3 is 9.47 Å². The molecule has 0 unspecified atom stereocenters. The van der Waals surface area contributed by atoms with Crippen molar-refractivity contribution in [3.63, 3.8) is 0 Å². The molecule has 1 saturated heterocycles. The average molecular weight is 230 g/mol. The van der Waals surface area contributed by atoms with Gasteiger partial charge in [0, 0.05) is 12.1 Å². The van der Waals surface area contributed by atoms with Gasteiger partial charge in [0.25, 0.3) is 5.69 Å². The Morgan fingerprint density at radius 3 is 2.73 bits per heavy atom. The zero-order valence-electron chi connectivity index (χ0n) is 7.68. The molecule has 5 nitrogen and oxygen atoms in total. The highest BCUT2D eigenvalue weighted by Gasteiger charge is 2.21. The van der Waals surface area contributed by atoms with Gasteiger partial charge in [0.2, 0.25) is 0 Å². The maximum atomic E-state index is 10.4. The van der Waals surface area contributed by atoms with Crippen molar-refractivity contribution in [3.8, 4) is 5.75 Å². The molecule has 0 aliphatic carbocycles. The largest absolute Gasteiger partial charge is 0.484 e. The Morgan fingerprint density at radius 1 is 1.53 bits per heavy atom. The maximum Gasteiger partial charge on any atom is 0.271 e. The average Bonchev–Trinajstić information content (AvgIpc) is 2.12. The predicted molar refractivity (Wildman–Crippen MR) is 53.3 cm³/mol. The lowest BCUT2D eigenvalue weighted by Crippen LogP contribution is -2.38. The third kappa shape index (κ3) is 2.19. The highest BCUT2D eigenvalue weighted by molar-refractivity contribution is 6.32. The fourth-order valence-electron chi connectivity index (χ4n) is 1.16. The van der Waals surface area contributed by atoms with Crippen LogP contribution in [0.2, 0.25) is 5.02 Å². The first kappa shape index (κ1) is 10.2. The SMILES string of the molecule is O=[N+]([O-])c1ccc(OC2COC2)c(Cl)c1. The molecule has 1 heterocycles. The molecule has 80 valence electrons. The molecular formula is C9H8ClNO4. The standard InChI is InChI=1S/C9H8ClNO4/c10-8-3-6(11(12)13)1-2-9(8)15-7-4-14-5-7/h1-3,7H,4-5H2. The van der Waals surface area contributed by atoms with Gasteiger partial charge in [-0.15, -0.1) is 0 Å². The van der Waals surface area contributed by atoms with Crippen LogP contribution in [-0.2, 0) is 4.74 Å². The van der Waals surface area contributed by atoms with Gasteiger partial charge in [-0.05, 0) is 6.07 Å². The zero-order valence-corrected chi connectivity index (χ0v) is 8.44. The Bertz CT molecular complexity index is 392. The molecule has 15 heavy (non-hydrogen) atoms. The molecule has 0 aromatic heterocycles. The van der Waals surface area contributed by atoms with Crippen LogP contribution < -0.4 is 4.74 Å². The molecule has 6 heteroatoms. The number of non-ortho nitro benzene ring substituents is 1. The van der Waals surface area contributed by atoms with E-state index in [-0.39, 0.29) is 16.8 Å². The van der Waals surface area contributed by atoms with Crippen LogP contribution in [0.4, 0.5) is 5.69 Å². The smallest absolute Gasteiger partial charge is 0.271 e. The number of ether oxygens (including phenoxy) is 2. The Labute approximate surface area is 90.7 Å². The van der Waals surface area contributed by atoms with Crippen LogP contribution in [0, 0.1) is 10.1 Å². The minimum absolute atomic E-state index is 0.00366. The van der Waals surface area contributed by atoms with Crippen molar-refractivity contribution >= 4 is 17.3 Å². The number of rotatable bonds is 3. The van der Waals surface area contributed by atoms with Gasteiger partial charge in [-0.1, -0.05) is 11.6 Å². The lowest BCUT2D eigenvalue weighted by Gasteiger charge is -2.26. The molecule has 1 aliphatic heterocycles. The zero-order chi connectivity index (χ0) is 10.8. The number of benzene rings is 1. The minimum atomic E-state index is -0.498. The third-order valence-electron chi connectivity index (χ3n) is 2.03. The molecule has 1 aromatic carbocycles. The summed E-state index contributed by atoms with van der Waals surface area (Å²) in [5.41, 5.74) is -0.0443. The number of nitrogens with zero attached hydrogens (tertiary/aromatic N) is 1. The second-order valence-corrected chi connectivity index (χ2v) is 3.56. The fourth-order valence-corrected chi connectivity index (χ4v) is 1.38. The fraction of sp³-hybridized carbons (Fsp3) is 0.333. The summed E-state index contributed by atoms with van der Waals surface area (Å²) in [5, 5.41) is 10.7. The maximum absolute atomic E-state index is 10.4. The number of hydrogen-bond acceptors (Lipinski definition) is 4. The van der Waals surface area contributed by atoms with Crippen LogP contribution in [0.5, 0.6) is 5.75 Å². The van der Waals surface area contributed by atoms with Crippen molar-refractivity contribution in [1.82, 2.24) is 0 Å². The summed E-state index contributed by atoms with van der Waals surface area (Å²) in [6.45, 7) is 1.07. The Morgan fingerprint density at radius 2 is 2.27 bits per heavy atom. The van der Waals surface area contributed by atoms with Crippen LogP contribution in [0.25, 0.3) is 0 Å². The van der Waals surface area contributed by atoms with Crippen molar-refractivity contribution in [1.29, 1.82) is 0 Å². The summed E-state index contributed by atoms with van der Waals surface area (Å²) in [6, 6.07) is 4.13. The van der Waals surface area contributed by atoms with Crippen LogP contribution in [0.1, 0.15) is 0 Å². The summed E-state index contributed by atoms with van der Waals surface area (Å²) in [7, 11) is 0. The Balaban J connectivity index is 2.14. The lowest BCUT2D eigenvalue weighted by atomic mass is 10.3. The van der Waals surface area contributed by atoms with E-state index in [2.05, 4.69) is 0 Å². The number of halogens is 1. The normalized spacial score (nSPS) is 15.8. The molecule has 0 spiro atoms. The minimum Gasteiger partial charge on any atom is -0.484 e. The first-order valence-corrected chi connectivity index (χ1v) is 4.73. The molecule has 1 fully saturated rings. The molecule has 0 N–H and O–H groups in total. The first-order chi connectivity index (χ1) is 7.16. The molecule has 0 saturated carbocycles. The van der Waals surface area contributed by atoms with Crippen LogP contribution in [0.15, 0.2) is 18.2 Å². The number of nitro benzene ring substituents is 1. The van der Waals surface area contributed by atoms with Crippen LogP contribution in [0.3, 0.4) is 0 Å². The highest BCUT2D eigenvalue weighted by atomic mass is 35.5. The topological polar surface area (TPSA) is 61.6 Å². The van der Waals surface area contributed by atoms with Crippen molar-refractivity contribution < 1.29 is 14.4 Å². The Kier molecular flexibility index (Phi) is 2.75. The molecule has 0 radical (unpaired) electrons. The van der Waals surface area contributed by atoms with E-state index in [1.165, 1.54) is 18.2 Å². The van der Waals surface area contributed by atoms with Crippen LogP contribution >= 0.6 is 11.6 Å². The third-order valence-corrected chi connectivity index (χ3v) is 2.32. The monoisotopic (exact) mass is 229 g/mol. The van der Waals surface area contributed by atoms with E-state index in [9.17, 15) is 10.1 Å². The van der Waals surface area contributed by atoms with Crippen LogP contribution in [-0.4, -0.2) is 24.2 Å². The summed E-state index contributed by atoms with van der Waals surface area (Å²) in [6.07, 6.45) is 0.00366. The molecule has 0 atom stereocenters. The number of nitro groups is 1. The molecule has 1 aromatic rings. The van der Waals surface area contributed by atoms with Crippen molar-refractivity contribution in [2.45, 2.75) is 6.10 Å². The van der Waals surface area contributed by atoms with E-state index in [1.54, 1.807) is 0 Å². The van der Waals surface area contributed by atoms with E-state index >= 15 is 0 Å². The summed E-state index contributed by atoms with van der Waals surface area (Å²) < 4.78 is 10.4. The summed E-state index contributed by atoms with van der Waals surface area (Å²) in [5.74, 6) is 0.454. The van der Waals surface area contributed by atoms with E-state index in [0.29, 0.717) is 19.0 Å². The lowest BCUT2D eigenvalue weighted by molar-refractivity contribution is -0.384. The number of hydrogen-bond donors (Lipinski definition) is 0. The second kappa shape index (κ2) is 4.04. The van der Waals surface area contributed by atoms with Crippen molar-refractivity contribution in [3.05, 3.63) is 33.3 Å². The van der Waals surface area contributed by atoms with E-state index < -0.39 is 4.92 Å². The van der Waals surface area contributed by atoms with Gasteiger partial charge >= 0.3 is 0 Å². The van der Waals surface area contributed by atoms with E-state index in [1.807, 2.05) is 0 Å². The molecular weight excluding hydrogens is 222 g/mol. The molecule has 0 amide bonds. The van der Waals surface area contributed by atoms with Gasteiger partial charge in [0.15, 0.2) is 0 Å². The van der Waals surface area contributed by atoms with Gasteiger partial charge in [-0.3, -0.25) is 10.1 Å². The van der Waals surface area contributed by atoms with Gasteiger partial charge in [-0.2, -0.15) is 0 Å². The van der Waals surface area contributed by atoms with E-state index in [0.717, 1.165) is 0 Å². The first-order valence-electron chi connectivity index (χ1n) is 4.35. The quantitative estimate of drug-likeness (QED) is 0.588. The molecule has 1 aliphatic rings. The summed E-state index contributed by atoms with van der Waals surface area (Å²) in [4.78, 5) is 9.94.